The normalized spacial score (nSPS) is 10.5. The van der Waals surface area contributed by atoms with Gasteiger partial charge in [0.1, 0.15) is 5.69 Å². The minimum Gasteiger partial charge on any atom is -0.285 e. The van der Waals surface area contributed by atoms with Crippen LogP contribution >= 0.6 is 0 Å². The van der Waals surface area contributed by atoms with E-state index in [0.29, 0.717) is 11.4 Å². The van der Waals surface area contributed by atoms with Crippen LogP contribution in [0.15, 0.2) is 23.0 Å². The lowest BCUT2D eigenvalue weighted by atomic mass is 10.2. The van der Waals surface area contributed by atoms with Crippen molar-refractivity contribution in [2.24, 2.45) is 0 Å². The van der Waals surface area contributed by atoms with Crippen LogP contribution in [0.2, 0.25) is 0 Å². The molecule has 0 aromatic carbocycles. The van der Waals surface area contributed by atoms with Gasteiger partial charge in [-0.15, -0.1) is 0 Å². The summed E-state index contributed by atoms with van der Waals surface area (Å²) in [5.74, 6) is -0.0950. The monoisotopic (exact) mass is 232 g/mol. The SMILES string of the molecule is Cc1ccc[n+](CC(=O)c2nonc2C)c1C. The maximum Gasteiger partial charge on any atom is 0.251 e. The van der Waals surface area contributed by atoms with Crippen LogP contribution in [0.1, 0.15) is 27.4 Å². The third kappa shape index (κ3) is 2.22. The minimum absolute atomic E-state index is 0.0950. The molecule has 0 atom stereocenters. The first-order valence-corrected chi connectivity index (χ1v) is 5.37. The molecule has 0 unspecified atom stereocenters. The first-order chi connectivity index (χ1) is 8.09. The van der Waals surface area contributed by atoms with Crippen LogP contribution in [-0.2, 0) is 6.54 Å². The average Bonchev–Trinajstić information content (AvgIpc) is 2.71. The topological polar surface area (TPSA) is 59.9 Å². The predicted molar refractivity (Wildman–Crippen MR) is 59.5 cm³/mol. The van der Waals surface area contributed by atoms with Crippen molar-refractivity contribution >= 4 is 5.78 Å². The molecular formula is C12H14N3O2+. The molecule has 88 valence electrons. The molecule has 0 N–H and O–H groups in total. The summed E-state index contributed by atoms with van der Waals surface area (Å²) in [7, 11) is 0. The zero-order valence-electron chi connectivity index (χ0n) is 10.1. The summed E-state index contributed by atoms with van der Waals surface area (Å²) < 4.78 is 6.42. The molecule has 2 aromatic heterocycles. The Kier molecular flexibility index (Phi) is 2.99. The quantitative estimate of drug-likeness (QED) is 0.588. The highest BCUT2D eigenvalue weighted by molar-refractivity contribution is 5.93. The number of Topliss-reactive ketones (excluding diaryl/α,β-unsaturated/α-hetero) is 1. The number of hydrogen-bond acceptors (Lipinski definition) is 4. The Balaban J connectivity index is 2.25. The highest BCUT2D eigenvalue weighted by Crippen LogP contribution is 2.03. The van der Waals surface area contributed by atoms with Crippen LogP contribution in [0.25, 0.3) is 0 Å². The molecule has 0 radical (unpaired) electrons. The summed E-state index contributed by atoms with van der Waals surface area (Å²) in [6.45, 7) is 5.95. The lowest BCUT2D eigenvalue weighted by molar-refractivity contribution is -0.689. The Morgan fingerprint density at radius 3 is 2.76 bits per heavy atom. The van der Waals surface area contributed by atoms with Crippen molar-refractivity contribution in [3.8, 4) is 0 Å². The number of carbonyl (C=O) groups is 1. The van der Waals surface area contributed by atoms with Crippen LogP contribution < -0.4 is 4.57 Å². The van der Waals surface area contributed by atoms with Gasteiger partial charge in [0, 0.05) is 18.6 Å². The smallest absolute Gasteiger partial charge is 0.251 e. The van der Waals surface area contributed by atoms with E-state index in [0.717, 1.165) is 11.3 Å². The van der Waals surface area contributed by atoms with E-state index < -0.39 is 0 Å². The van der Waals surface area contributed by atoms with Crippen molar-refractivity contribution in [3.63, 3.8) is 0 Å². The molecule has 0 bridgehead atoms. The Hall–Kier alpha value is -2.04. The van der Waals surface area contributed by atoms with Gasteiger partial charge in [0.15, 0.2) is 17.6 Å². The molecule has 0 amide bonds. The van der Waals surface area contributed by atoms with Gasteiger partial charge in [-0.05, 0) is 25.1 Å². The van der Waals surface area contributed by atoms with Gasteiger partial charge in [0.25, 0.3) is 5.78 Å². The molecule has 5 heteroatoms. The number of ketones is 1. The average molecular weight is 232 g/mol. The number of nitrogens with zero attached hydrogens (tertiary/aromatic N) is 3. The zero-order valence-corrected chi connectivity index (χ0v) is 10.1. The van der Waals surface area contributed by atoms with E-state index in [4.69, 9.17) is 0 Å². The van der Waals surface area contributed by atoms with Crippen LogP contribution in [0.4, 0.5) is 0 Å². The molecule has 0 aliphatic rings. The molecular weight excluding hydrogens is 218 g/mol. The fourth-order valence-electron chi connectivity index (χ4n) is 1.64. The molecule has 2 rings (SSSR count). The van der Waals surface area contributed by atoms with Gasteiger partial charge in [0.2, 0.25) is 6.54 Å². The molecule has 2 aromatic rings. The van der Waals surface area contributed by atoms with Crippen molar-refractivity contribution < 1.29 is 14.0 Å². The lowest BCUT2D eigenvalue weighted by Crippen LogP contribution is -2.41. The van der Waals surface area contributed by atoms with Crippen LogP contribution in [0, 0.1) is 20.8 Å². The van der Waals surface area contributed by atoms with Crippen molar-refractivity contribution in [3.05, 3.63) is 41.0 Å². The van der Waals surface area contributed by atoms with Gasteiger partial charge >= 0.3 is 0 Å². The molecule has 0 aliphatic heterocycles. The van der Waals surface area contributed by atoms with Gasteiger partial charge < -0.3 is 0 Å². The molecule has 0 saturated heterocycles. The summed E-state index contributed by atoms with van der Waals surface area (Å²) >= 11 is 0. The second-order valence-corrected chi connectivity index (χ2v) is 4.03. The molecule has 0 saturated carbocycles. The van der Waals surface area contributed by atoms with Crippen LogP contribution in [0.3, 0.4) is 0 Å². The van der Waals surface area contributed by atoms with E-state index >= 15 is 0 Å². The van der Waals surface area contributed by atoms with Crippen LogP contribution in [-0.4, -0.2) is 16.1 Å². The van der Waals surface area contributed by atoms with Gasteiger partial charge in [0.05, 0.1) is 0 Å². The fourth-order valence-corrected chi connectivity index (χ4v) is 1.64. The summed E-state index contributed by atoms with van der Waals surface area (Å²) in [6, 6.07) is 3.93. The highest BCUT2D eigenvalue weighted by atomic mass is 16.6. The van der Waals surface area contributed by atoms with Crippen molar-refractivity contribution in [2.75, 3.05) is 0 Å². The van der Waals surface area contributed by atoms with E-state index in [-0.39, 0.29) is 12.3 Å². The number of pyridine rings is 1. The van der Waals surface area contributed by atoms with E-state index in [1.807, 2.05) is 36.7 Å². The van der Waals surface area contributed by atoms with E-state index in [9.17, 15) is 4.79 Å². The maximum absolute atomic E-state index is 12.0. The number of aromatic nitrogens is 3. The first kappa shape index (κ1) is 11.4. The predicted octanol–water partition coefficient (Wildman–Crippen LogP) is 1.17. The molecule has 2 heterocycles. The maximum atomic E-state index is 12.0. The van der Waals surface area contributed by atoms with Crippen molar-refractivity contribution in [1.82, 2.24) is 10.3 Å². The van der Waals surface area contributed by atoms with Gasteiger partial charge in [-0.1, -0.05) is 5.16 Å². The Morgan fingerprint density at radius 1 is 1.35 bits per heavy atom. The number of hydrogen-bond donors (Lipinski definition) is 0. The largest absolute Gasteiger partial charge is 0.285 e. The van der Waals surface area contributed by atoms with Crippen molar-refractivity contribution in [2.45, 2.75) is 27.3 Å². The highest BCUT2D eigenvalue weighted by Gasteiger charge is 2.20. The van der Waals surface area contributed by atoms with Gasteiger partial charge in [-0.3, -0.25) is 4.79 Å². The standard InChI is InChI=1S/C12H14N3O2/c1-8-5-4-6-15(10(8)3)7-11(16)12-9(2)13-17-14-12/h4-6H,7H2,1-3H3/q+1. The lowest BCUT2D eigenvalue weighted by Gasteiger charge is -2.00. The first-order valence-electron chi connectivity index (χ1n) is 5.37. The number of rotatable bonds is 3. The molecule has 0 spiro atoms. The van der Waals surface area contributed by atoms with E-state index in [1.54, 1.807) is 6.92 Å². The Labute approximate surface area is 99.0 Å². The third-order valence-electron chi connectivity index (χ3n) is 2.84. The summed E-state index contributed by atoms with van der Waals surface area (Å²) in [6.07, 6.45) is 1.88. The number of carbonyl (C=O) groups excluding carboxylic acids is 1. The Morgan fingerprint density at radius 2 is 2.12 bits per heavy atom. The van der Waals surface area contributed by atoms with Gasteiger partial charge in [-0.25, -0.2) is 4.63 Å². The summed E-state index contributed by atoms with van der Waals surface area (Å²) in [5.41, 5.74) is 3.05. The number of aryl methyl sites for hydroxylation is 2. The second-order valence-electron chi connectivity index (χ2n) is 4.03. The minimum atomic E-state index is -0.0950. The summed E-state index contributed by atoms with van der Waals surface area (Å²) in [4.78, 5) is 12.0. The van der Waals surface area contributed by atoms with Crippen molar-refractivity contribution in [1.29, 1.82) is 0 Å². The zero-order chi connectivity index (χ0) is 12.4. The summed E-state index contributed by atoms with van der Waals surface area (Å²) in [5, 5.41) is 7.22. The van der Waals surface area contributed by atoms with E-state index in [1.165, 1.54) is 0 Å². The van der Waals surface area contributed by atoms with E-state index in [2.05, 4.69) is 14.9 Å². The Bertz CT molecular complexity index is 561. The molecule has 17 heavy (non-hydrogen) atoms. The second kappa shape index (κ2) is 4.45. The van der Waals surface area contributed by atoms with Crippen LogP contribution in [0.5, 0.6) is 0 Å². The fraction of sp³-hybridized carbons (Fsp3) is 0.333. The third-order valence-corrected chi connectivity index (χ3v) is 2.84. The molecule has 5 nitrogen and oxygen atoms in total. The van der Waals surface area contributed by atoms with Gasteiger partial charge in [-0.2, -0.15) is 4.57 Å². The molecule has 0 fully saturated rings. The molecule has 0 aliphatic carbocycles.